The van der Waals surface area contributed by atoms with E-state index in [0.717, 1.165) is 36.3 Å². The predicted molar refractivity (Wildman–Crippen MR) is 90.7 cm³/mol. The molecule has 0 radical (unpaired) electrons. The smallest absolute Gasteiger partial charge is 0.136 e. The number of nitrogens with zero attached hydrogens (tertiary/aromatic N) is 1. The minimum absolute atomic E-state index is 0.377. The van der Waals surface area contributed by atoms with Crippen molar-refractivity contribution in [3.05, 3.63) is 58.8 Å². The van der Waals surface area contributed by atoms with Crippen LogP contribution in [0.25, 0.3) is 0 Å². The van der Waals surface area contributed by atoms with Crippen LogP contribution in [0.5, 0.6) is 0 Å². The Morgan fingerprint density at radius 2 is 2.00 bits per heavy atom. The summed E-state index contributed by atoms with van der Waals surface area (Å²) in [5.74, 6) is 0.812. The van der Waals surface area contributed by atoms with E-state index in [0.29, 0.717) is 11.0 Å². The summed E-state index contributed by atoms with van der Waals surface area (Å²) in [6.45, 7) is 1.98. The van der Waals surface area contributed by atoms with Crippen LogP contribution in [-0.2, 0) is 12.8 Å². The highest BCUT2D eigenvalue weighted by Crippen LogP contribution is 2.24. The van der Waals surface area contributed by atoms with E-state index in [1.807, 2.05) is 19.1 Å². The van der Waals surface area contributed by atoms with Gasteiger partial charge in [0.15, 0.2) is 0 Å². The number of pyridine rings is 1. The lowest BCUT2D eigenvalue weighted by atomic mass is 9.88. The Balaban J connectivity index is 1.82. The van der Waals surface area contributed by atoms with E-state index in [1.54, 1.807) is 0 Å². The molecule has 2 aromatic rings. The summed E-state index contributed by atoms with van der Waals surface area (Å²) in [5.41, 5.74) is 10.5. The summed E-state index contributed by atoms with van der Waals surface area (Å²) in [6, 6.07) is 12.9. The third-order valence-electron chi connectivity index (χ3n) is 3.99. The molecule has 0 aliphatic heterocycles. The average molecular weight is 297 g/mol. The fraction of sp³-hybridized carbons (Fsp3) is 0.294. The highest BCUT2D eigenvalue weighted by molar-refractivity contribution is 7.80. The molecule has 1 aromatic carbocycles. The van der Waals surface area contributed by atoms with E-state index in [9.17, 15) is 0 Å². The van der Waals surface area contributed by atoms with E-state index < -0.39 is 0 Å². The van der Waals surface area contributed by atoms with E-state index in [4.69, 9.17) is 18.0 Å². The van der Waals surface area contributed by atoms with E-state index in [1.165, 1.54) is 11.1 Å². The van der Waals surface area contributed by atoms with Crippen molar-refractivity contribution in [2.45, 2.75) is 32.2 Å². The molecule has 1 aromatic heterocycles. The van der Waals surface area contributed by atoms with Crippen molar-refractivity contribution in [2.24, 2.45) is 5.73 Å². The van der Waals surface area contributed by atoms with Gasteiger partial charge < -0.3 is 11.1 Å². The molecule has 0 saturated heterocycles. The normalized spacial score (nSPS) is 17.1. The van der Waals surface area contributed by atoms with Gasteiger partial charge in [-0.1, -0.05) is 36.5 Å². The molecule has 0 amide bonds. The quantitative estimate of drug-likeness (QED) is 0.855. The lowest BCUT2D eigenvalue weighted by molar-refractivity contribution is 0.608. The zero-order valence-corrected chi connectivity index (χ0v) is 12.9. The Bertz CT molecular complexity index is 681. The number of nitrogens with two attached hydrogens (primary N) is 1. The largest absolute Gasteiger partial charge is 0.389 e. The molecule has 0 spiro atoms. The van der Waals surface area contributed by atoms with Crippen LogP contribution in [0.4, 0.5) is 5.82 Å². The van der Waals surface area contributed by atoms with Crippen molar-refractivity contribution in [3.63, 3.8) is 0 Å². The number of rotatable bonds is 3. The average Bonchev–Trinajstić information content (AvgIpc) is 2.47. The first-order chi connectivity index (χ1) is 10.1. The maximum atomic E-state index is 5.80. The standard InChI is InChI=1S/C17H19N3S/c1-11-6-9-15(16(18)21)17(19-11)20-14-8-7-12-4-2-3-5-13(12)10-14/h2-6,9,14H,7-8,10H2,1H3,(H2,18,21)(H,19,20). The Kier molecular flexibility index (Phi) is 3.88. The molecule has 0 saturated carbocycles. The minimum Gasteiger partial charge on any atom is -0.389 e. The van der Waals surface area contributed by atoms with Crippen molar-refractivity contribution in [1.82, 2.24) is 4.98 Å². The van der Waals surface area contributed by atoms with Crippen LogP contribution in [0, 0.1) is 6.92 Å². The third-order valence-corrected chi connectivity index (χ3v) is 4.21. The molecule has 21 heavy (non-hydrogen) atoms. The number of hydrogen-bond acceptors (Lipinski definition) is 3. The number of anilines is 1. The molecule has 1 aliphatic rings. The molecule has 1 atom stereocenters. The van der Waals surface area contributed by atoms with Gasteiger partial charge in [-0.3, -0.25) is 0 Å². The van der Waals surface area contributed by atoms with Crippen LogP contribution < -0.4 is 11.1 Å². The molecule has 1 aliphatic carbocycles. The monoisotopic (exact) mass is 297 g/mol. The third kappa shape index (κ3) is 3.05. The molecule has 0 fully saturated rings. The summed E-state index contributed by atoms with van der Waals surface area (Å²) in [5, 5.41) is 3.53. The highest BCUT2D eigenvalue weighted by atomic mass is 32.1. The van der Waals surface area contributed by atoms with Crippen molar-refractivity contribution in [2.75, 3.05) is 5.32 Å². The Morgan fingerprint density at radius 1 is 1.24 bits per heavy atom. The topological polar surface area (TPSA) is 50.9 Å². The van der Waals surface area contributed by atoms with E-state index in [-0.39, 0.29) is 0 Å². The molecular formula is C17H19N3S. The van der Waals surface area contributed by atoms with Crippen LogP contribution in [-0.4, -0.2) is 16.0 Å². The maximum Gasteiger partial charge on any atom is 0.136 e. The van der Waals surface area contributed by atoms with Crippen molar-refractivity contribution >= 4 is 23.0 Å². The Labute approximate surface area is 130 Å². The molecular weight excluding hydrogens is 278 g/mol. The van der Waals surface area contributed by atoms with Crippen LogP contribution in [0.2, 0.25) is 0 Å². The van der Waals surface area contributed by atoms with Crippen molar-refractivity contribution in [3.8, 4) is 0 Å². The number of benzene rings is 1. The summed E-state index contributed by atoms with van der Waals surface area (Å²) >= 11 is 5.12. The molecule has 108 valence electrons. The molecule has 4 heteroatoms. The van der Waals surface area contributed by atoms with Gasteiger partial charge in [-0.2, -0.15) is 0 Å². The van der Waals surface area contributed by atoms with Gasteiger partial charge in [-0.05, 0) is 49.4 Å². The van der Waals surface area contributed by atoms with Gasteiger partial charge in [-0.25, -0.2) is 4.98 Å². The first kappa shape index (κ1) is 14.0. The maximum absolute atomic E-state index is 5.80. The van der Waals surface area contributed by atoms with Crippen LogP contribution >= 0.6 is 12.2 Å². The predicted octanol–water partition coefficient (Wildman–Crippen LogP) is 2.99. The second-order valence-corrected chi connectivity index (χ2v) is 6.01. The first-order valence-corrected chi connectivity index (χ1v) is 7.65. The van der Waals surface area contributed by atoms with Crippen molar-refractivity contribution in [1.29, 1.82) is 0 Å². The van der Waals surface area contributed by atoms with Gasteiger partial charge in [0.05, 0.1) is 5.56 Å². The number of nitrogens with one attached hydrogen (secondary N) is 1. The second kappa shape index (κ2) is 5.82. The second-order valence-electron chi connectivity index (χ2n) is 5.57. The van der Waals surface area contributed by atoms with Crippen LogP contribution in [0.3, 0.4) is 0 Å². The van der Waals surface area contributed by atoms with Crippen molar-refractivity contribution < 1.29 is 0 Å². The molecule has 3 rings (SSSR count). The Hall–Kier alpha value is -1.94. The molecule has 3 N–H and O–H groups in total. The molecule has 1 unspecified atom stereocenters. The van der Waals surface area contributed by atoms with E-state index in [2.05, 4.69) is 34.6 Å². The summed E-state index contributed by atoms with van der Waals surface area (Å²) in [4.78, 5) is 4.96. The highest BCUT2D eigenvalue weighted by Gasteiger charge is 2.19. The number of fused-ring (bicyclic) bond motifs is 1. The fourth-order valence-corrected chi connectivity index (χ4v) is 3.04. The first-order valence-electron chi connectivity index (χ1n) is 7.24. The van der Waals surface area contributed by atoms with Gasteiger partial charge in [0.2, 0.25) is 0 Å². The van der Waals surface area contributed by atoms with Gasteiger partial charge in [0.25, 0.3) is 0 Å². The number of thiocarbonyl (C=S) groups is 1. The molecule has 0 bridgehead atoms. The lowest BCUT2D eigenvalue weighted by Crippen LogP contribution is -2.29. The minimum atomic E-state index is 0.377. The molecule has 3 nitrogen and oxygen atoms in total. The summed E-state index contributed by atoms with van der Waals surface area (Å²) in [7, 11) is 0. The summed E-state index contributed by atoms with van der Waals surface area (Å²) < 4.78 is 0. The molecule has 1 heterocycles. The number of aromatic nitrogens is 1. The van der Waals surface area contributed by atoms with E-state index >= 15 is 0 Å². The number of aryl methyl sites for hydroxylation is 2. The van der Waals surface area contributed by atoms with Crippen LogP contribution in [0.1, 0.15) is 28.8 Å². The lowest BCUT2D eigenvalue weighted by Gasteiger charge is -2.26. The van der Waals surface area contributed by atoms with Gasteiger partial charge in [0.1, 0.15) is 10.8 Å². The van der Waals surface area contributed by atoms with Crippen LogP contribution in [0.15, 0.2) is 36.4 Å². The fourth-order valence-electron chi connectivity index (χ4n) is 2.88. The summed E-state index contributed by atoms with van der Waals surface area (Å²) in [6.07, 6.45) is 3.22. The number of hydrogen-bond donors (Lipinski definition) is 2. The Morgan fingerprint density at radius 3 is 2.76 bits per heavy atom. The zero-order chi connectivity index (χ0) is 14.8. The van der Waals surface area contributed by atoms with Gasteiger partial charge in [-0.15, -0.1) is 0 Å². The SMILES string of the molecule is Cc1ccc(C(N)=S)c(NC2CCc3ccccc3C2)n1. The van der Waals surface area contributed by atoms with Gasteiger partial charge >= 0.3 is 0 Å². The van der Waals surface area contributed by atoms with Gasteiger partial charge in [0, 0.05) is 11.7 Å². The zero-order valence-electron chi connectivity index (χ0n) is 12.1.